The molecular formula is C35H42F4N8O4S. The molecular weight excluding hydrogens is 704 g/mol. The van der Waals surface area contributed by atoms with Crippen molar-refractivity contribution in [3.05, 3.63) is 66.0 Å². The molecule has 2 aromatic carbocycles. The number of nitrogens with one attached hydrogen (secondary N) is 1. The summed E-state index contributed by atoms with van der Waals surface area (Å²) in [6, 6.07) is 12.6. The van der Waals surface area contributed by atoms with Gasteiger partial charge in [-0.15, -0.1) is 0 Å². The summed E-state index contributed by atoms with van der Waals surface area (Å²) in [7, 11) is 0.272. The molecule has 1 unspecified atom stereocenters. The Morgan fingerprint density at radius 2 is 1.81 bits per heavy atom. The standard InChI is InChI=1S/C35H42F4N8O4S/c1-44-31-19-26(6-7-30(31)32(43-44)47(49)12-3-17-48)25-8-13-45(14-9-25)23-35(38,39)20-24-4-2-5-29(18-24)52(50)46-15-10-27(11-16-46)42-34-40-21-28(22-41-34)51-33(36)37/h2,4-7,17-19,21-22,25,27,33,49H,3,8-16,20,23H2,1H3,(H,40,41,42). The van der Waals surface area contributed by atoms with Crippen molar-refractivity contribution < 1.29 is 36.5 Å². The number of anilines is 2. The molecule has 4 aromatic rings. The molecule has 2 N–H and O–H groups in total. The van der Waals surface area contributed by atoms with Crippen LogP contribution in [-0.4, -0.2) is 103 Å². The number of aromatic nitrogens is 4. The normalized spacial score (nSPS) is 17.4. The molecule has 2 fully saturated rings. The van der Waals surface area contributed by atoms with E-state index < -0.39 is 29.9 Å². The Labute approximate surface area is 301 Å². The van der Waals surface area contributed by atoms with Gasteiger partial charge >= 0.3 is 6.61 Å². The van der Waals surface area contributed by atoms with Crippen molar-refractivity contribution in [2.24, 2.45) is 7.05 Å². The van der Waals surface area contributed by atoms with Crippen molar-refractivity contribution in [3.8, 4) is 5.75 Å². The van der Waals surface area contributed by atoms with Gasteiger partial charge in [-0.3, -0.25) is 14.8 Å². The number of hydroxylamine groups is 1. The summed E-state index contributed by atoms with van der Waals surface area (Å²) in [5, 5.41) is 19.7. The molecule has 0 radical (unpaired) electrons. The average Bonchev–Trinajstić information content (AvgIpc) is 3.46. The van der Waals surface area contributed by atoms with Crippen LogP contribution in [0, 0.1) is 0 Å². The number of likely N-dealkylation sites (tertiary alicyclic amines) is 1. The molecule has 52 heavy (non-hydrogen) atoms. The van der Waals surface area contributed by atoms with Gasteiger partial charge in [0, 0.05) is 44.4 Å². The molecule has 0 spiro atoms. The smallest absolute Gasteiger partial charge is 0.387 e. The van der Waals surface area contributed by atoms with Crippen LogP contribution < -0.4 is 15.1 Å². The zero-order valence-corrected chi connectivity index (χ0v) is 29.5. The van der Waals surface area contributed by atoms with Crippen LogP contribution in [0.15, 0.2) is 59.8 Å². The third kappa shape index (κ3) is 9.42. The van der Waals surface area contributed by atoms with Crippen molar-refractivity contribution in [1.29, 1.82) is 0 Å². The summed E-state index contributed by atoms with van der Waals surface area (Å²) in [6.45, 7) is -1.12. The van der Waals surface area contributed by atoms with Crippen LogP contribution in [0.2, 0.25) is 0 Å². The second-order valence-corrected chi connectivity index (χ2v) is 14.7. The maximum Gasteiger partial charge on any atom is 0.387 e. The molecule has 4 heterocycles. The zero-order chi connectivity index (χ0) is 36.8. The van der Waals surface area contributed by atoms with E-state index in [9.17, 15) is 23.0 Å². The number of rotatable bonds is 15. The molecule has 280 valence electrons. The largest absolute Gasteiger partial charge is 0.432 e. The Morgan fingerprint density at radius 3 is 2.50 bits per heavy atom. The second kappa shape index (κ2) is 16.7. The van der Waals surface area contributed by atoms with Crippen LogP contribution >= 0.6 is 0 Å². The van der Waals surface area contributed by atoms with E-state index in [1.54, 1.807) is 36.0 Å². The Morgan fingerprint density at radius 1 is 1.08 bits per heavy atom. The lowest BCUT2D eigenvalue weighted by Gasteiger charge is -2.34. The predicted octanol–water partition coefficient (Wildman–Crippen LogP) is 5.41. The fourth-order valence-corrected chi connectivity index (χ4v) is 8.19. The van der Waals surface area contributed by atoms with E-state index in [4.69, 9.17) is 0 Å². The Hall–Kier alpha value is -4.19. The van der Waals surface area contributed by atoms with Gasteiger partial charge in [0.1, 0.15) is 17.3 Å². The monoisotopic (exact) mass is 746 g/mol. The fraction of sp³-hybridized carbons (Fsp3) is 0.486. The predicted molar refractivity (Wildman–Crippen MR) is 187 cm³/mol. The van der Waals surface area contributed by atoms with Gasteiger partial charge in [-0.1, -0.05) is 18.2 Å². The van der Waals surface area contributed by atoms with Gasteiger partial charge in [-0.2, -0.15) is 13.9 Å². The highest BCUT2D eigenvalue weighted by molar-refractivity contribution is 7.82. The van der Waals surface area contributed by atoms with Gasteiger partial charge in [-0.25, -0.2) is 32.3 Å². The number of hydrogen-bond acceptors (Lipinski definition) is 10. The van der Waals surface area contributed by atoms with Gasteiger partial charge in [0.05, 0.1) is 35.9 Å². The highest BCUT2D eigenvalue weighted by Gasteiger charge is 2.34. The van der Waals surface area contributed by atoms with E-state index in [0.717, 1.165) is 40.7 Å². The number of ether oxygens (including phenoxy) is 1. The van der Waals surface area contributed by atoms with Crippen LogP contribution in [0.5, 0.6) is 5.75 Å². The molecule has 2 aromatic heterocycles. The lowest BCUT2D eigenvalue weighted by molar-refractivity contribution is -0.107. The van der Waals surface area contributed by atoms with Crippen molar-refractivity contribution in [2.45, 2.75) is 67.9 Å². The molecule has 0 saturated carbocycles. The highest BCUT2D eigenvalue weighted by atomic mass is 32.2. The van der Waals surface area contributed by atoms with E-state index in [1.807, 2.05) is 27.4 Å². The number of carbonyl (C=O) groups is 1. The first-order valence-electron chi connectivity index (χ1n) is 17.2. The first-order chi connectivity index (χ1) is 25.0. The minimum Gasteiger partial charge on any atom is -0.432 e. The van der Waals surface area contributed by atoms with Crippen LogP contribution in [-0.2, 0) is 29.2 Å². The zero-order valence-electron chi connectivity index (χ0n) is 28.7. The number of hydrogen-bond donors (Lipinski definition) is 2. The van der Waals surface area contributed by atoms with Crippen LogP contribution in [0.1, 0.15) is 49.1 Å². The number of nitrogens with zero attached hydrogens (tertiary/aromatic N) is 7. The van der Waals surface area contributed by atoms with E-state index >= 15 is 8.78 Å². The molecule has 2 aliphatic heterocycles. The number of aryl methyl sites for hydroxylation is 1. The number of benzene rings is 2. The van der Waals surface area contributed by atoms with Gasteiger partial charge < -0.3 is 14.8 Å². The lowest BCUT2D eigenvalue weighted by atomic mass is 9.88. The molecule has 2 saturated heterocycles. The third-order valence-corrected chi connectivity index (χ3v) is 11.0. The Kier molecular flexibility index (Phi) is 12.0. The first-order valence-corrected chi connectivity index (χ1v) is 18.3. The molecule has 0 bridgehead atoms. The maximum absolute atomic E-state index is 15.4. The second-order valence-electron chi connectivity index (χ2n) is 13.3. The number of carbonyl (C=O) groups excluding carboxylic acids is 1. The Bertz CT molecular complexity index is 1830. The summed E-state index contributed by atoms with van der Waals surface area (Å²) in [6.07, 6.45) is 5.51. The summed E-state index contributed by atoms with van der Waals surface area (Å²) >= 11 is 0. The fourth-order valence-electron chi connectivity index (χ4n) is 6.90. The van der Waals surface area contributed by atoms with E-state index in [1.165, 1.54) is 12.4 Å². The Balaban J connectivity index is 0.977. The van der Waals surface area contributed by atoms with Crippen molar-refractivity contribution in [1.82, 2.24) is 29.0 Å². The van der Waals surface area contributed by atoms with Crippen LogP contribution in [0.4, 0.5) is 29.3 Å². The number of halogens is 4. The summed E-state index contributed by atoms with van der Waals surface area (Å²) in [4.78, 5) is 21.0. The SMILES string of the molecule is Cn1nc(N(O)CCC=O)c2ccc(C3CCN(CC(F)(F)Cc4cccc(S(=O)N5CCC(Nc6ncc(OC(F)F)cn6)CC5)c4)CC3)cc21. The molecule has 1 atom stereocenters. The number of piperidine rings is 2. The summed E-state index contributed by atoms with van der Waals surface area (Å²) in [5.41, 5.74) is 2.37. The number of aldehydes is 1. The minimum atomic E-state index is -2.98. The van der Waals surface area contributed by atoms with Crippen molar-refractivity contribution >= 4 is 39.9 Å². The topological polar surface area (TPSA) is 129 Å². The average molecular weight is 747 g/mol. The van der Waals surface area contributed by atoms with Gasteiger partial charge in [-0.05, 0) is 80.1 Å². The molecule has 0 aliphatic carbocycles. The van der Waals surface area contributed by atoms with Crippen molar-refractivity contribution in [2.75, 3.05) is 49.6 Å². The molecule has 0 amide bonds. The van der Waals surface area contributed by atoms with E-state index in [2.05, 4.69) is 25.1 Å². The summed E-state index contributed by atoms with van der Waals surface area (Å²) in [5.74, 6) is -2.24. The molecule has 2 aliphatic rings. The molecule has 17 heteroatoms. The van der Waals surface area contributed by atoms with Crippen LogP contribution in [0.3, 0.4) is 0 Å². The van der Waals surface area contributed by atoms with Crippen LogP contribution in [0.25, 0.3) is 10.9 Å². The minimum absolute atomic E-state index is 0.0120. The number of alkyl halides is 4. The van der Waals surface area contributed by atoms with Gasteiger partial charge in [0.25, 0.3) is 5.92 Å². The lowest BCUT2D eigenvalue weighted by Crippen LogP contribution is -2.42. The number of fused-ring (bicyclic) bond motifs is 1. The molecule has 12 nitrogen and oxygen atoms in total. The summed E-state index contributed by atoms with van der Waals surface area (Å²) < 4.78 is 76.8. The quantitative estimate of drug-likeness (QED) is 0.0927. The van der Waals surface area contributed by atoms with Gasteiger partial charge in [0.15, 0.2) is 11.6 Å². The first kappa shape index (κ1) is 37.6. The van der Waals surface area contributed by atoms with Gasteiger partial charge in [0.2, 0.25) is 5.95 Å². The highest BCUT2D eigenvalue weighted by Crippen LogP contribution is 2.34. The van der Waals surface area contributed by atoms with Crippen molar-refractivity contribution in [3.63, 3.8) is 0 Å². The maximum atomic E-state index is 15.4. The van der Waals surface area contributed by atoms with E-state index in [0.29, 0.717) is 55.3 Å². The van der Waals surface area contributed by atoms with E-state index in [-0.39, 0.29) is 43.2 Å². The molecule has 6 rings (SSSR count). The third-order valence-electron chi connectivity index (χ3n) is 9.51.